The van der Waals surface area contributed by atoms with Crippen molar-refractivity contribution < 1.29 is 0 Å². The number of nitriles is 1. The Labute approximate surface area is 76.8 Å². The lowest BCUT2D eigenvalue weighted by atomic mass is 9.75. The lowest BCUT2D eigenvalue weighted by molar-refractivity contribution is 0.254. The summed E-state index contributed by atoms with van der Waals surface area (Å²) in [7, 11) is 0. The third-order valence-electron chi connectivity index (χ3n) is 2.58. The summed E-state index contributed by atoms with van der Waals surface area (Å²) in [6.07, 6.45) is 4.76. The molecule has 0 aliphatic rings. The molecule has 0 radical (unpaired) electrons. The quantitative estimate of drug-likeness (QED) is 0.611. The van der Waals surface area contributed by atoms with E-state index in [1.54, 1.807) is 0 Å². The van der Waals surface area contributed by atoms with Crippen molar-refractivity contribution >= 4 is 0 Å². The Balaban J connectivity index is 4.19. The maximum absolute atomic E-state index is 8.97. The molecule has 0 unspecified atom stereocenters. The molecule has 0 bridgehead atoms. The molecule has 12 heavy (non-hydrogen) atoms. The van der Waals surface area contributed by atoms with Crippen LogP contribution in [0.15, 0.2) is 0 Å². The molecule has 0 aliphatic heterocycles. The molecule has 0 aromatic rings. The summed E-state index contributed by atoms with van der Waals surface area (Å²) in [4.78, 5) is 0. The summed E-state index contributed by atoms with van der Waals surface area (Å²) in [6.45, 7) is 8.50. The second kappa shape index (κ2) is 5.19. The highest BCUT2D eigenvalue weighted by atomic mass is 14.4. The van der Waals surface area contributed by atoms with Crippen molar-refractivity contribution in [3.8, 4) is 6.07 Å². The van der Waals surface area contributed by atoms with E-state index < -0.39 is 0 Å². The van der Waals surface area contributed by atoms with Gasteiger partial charge >= 0.3 is 0 Å². The van der Waals surface area contributed by atoms with Gasteiger partial charge in [0.1, 0.15) is 0 Å². The molecule has 0 aromatic heterocycles. The minimum Gasteiger partial charge on any atom is -0.198 e. The number of hydrogen-bond donors (Lipinski definition) is 0. The van der Waals surface area contributed by atoms with Gasteiger partial charge in [-0.05, 0) is 32.6 Å². The first-order valence-electron chi connectivity index (χ1n) is 4.99. The van der Waals surface area contributed by atoms with Gasteiger partial charge in [-0.25, -0.2) is 0 Å². The molecule has 0 saturated heterocycles. The SMILES string of the molecule is CCCC(CCC)C(C)(C)C#N. The van der Waals surface area contributed by atoms with Crippen LogP contribution in [0.4, 0.5) is 0 Å². The van der Waals surface area contributed by atoms with Crippen molar-refractivity contribution in [3.05, 3.63) is 0 Å². The summed E-state index contributed by atoms with van der Waals surface area (Å²) in [5.74, 6) is 0.581. The molecule has 0 heterocycles. The minimum absolute atomic E-state index is 0.133. The normalized spacial score (nSPS) is 11.7. The molecule has 0 aliphatic carbocycles. The lowest BCUT2D eigenvalue weighted by Gasteiger charge is -2.27. The van der Waals surface area contributed by atoms with Crippen molar-refractivity contribution in [1.29, 1.82) is 5.26 Å². The summed E-state index contributed by atoms with van der Waals surface area (Å²) in [5.41, 5.74) is -0.133. The zero-order valence-corrected chi connectivity index (χ0v) is 8.85. The van der Waals surface area contributed by atoms with Crippen LogP contribution in [0, 0.1) is 22.7 Å². The smallest absolute Gasteiger partial charge is 0.0686 e. The van der Waals surface area contributed by atoms with Crippen molar-refractivity contribution in [2.45, 2.75) is 53.4 Å². The van der Waals surface area contributed by atoms with Crippen LogP contribution in [0.5, 0.6) is 0 Å². The Bertz CT molecular complexity index is 147. The predicted molar refractivity (Wildman–Crippen MR) is 52.7 cm³/mol. The Morgan fingerprint density at radius 3 is 1.83 bits per heavy atom. The lowest BCUT2D eigenvalue weighted by Crippen LogP contribution is -2.21. The average molecular weight is 167 g/mol. The number of rotatable bonds is 5. The van der Waals surface area contributed by atoms with Gasteiger partial charge in [-0.1, -0.05) is 26.7 Å². The van der Waals surface area contributed by atoms with Crippen LogP contribution in [0.25, 0.3) is 0 Å². The van der Waals surface area contributed by atoms with Gasteiger partial charge in [0.05, 0.1) is 11.5 Å². The van der Waals surface area contributed by atoms with Gasteiger partial charge in [-0.2, -0.15) is 5.26 Å². The van der Waals surface area contributed by atoms with Gasteiger partial charge in [0.15, 0.2) is 0 Å². The van der Waals surface area contributed by atoms with Crippen molar-refractivity contribution in [1.82, 2.24) is 0 Å². The zero-order valence-electron chi connectivity index (χ0n) is 8.85. The van der Waals surface area contributed by atoms with Crippen molar-refractivity contribution in [2.75, 3.05) is 0 Å². The number of nitrogens with zero attached hydrogens (tertiary/aromatic N) is 1. The molecule has 1 nitrogen and oxygen atoms in total. The number of hydrogen-bond acceptors (Lipinski definition) is 1. The molecule has 0 amide bonds. The molecule has 0 fully saturated rings. The first-order chi connectivity index (χ1) is 5.58. The average Bonchev–Trinajstić information content (AvgIpc) is 2.04. The molecule has 0 N–H and O–H groups in total. The highest BCUT2D eigenvalue weighted by molar-refractivity contribution is 4.96. The van der Waals surface area contributed by atoms with Gasteiger partial charge in [0.2, 0.25) is 0 Å². The Morgan fingerprint density at radius 2 is 1.58 bits per heavy atom. The maximum atomic E-state index is 8.97. The summed E-state index contributed by atoms with van der Waals surface area (Å²) < 4.78 is 0. The molecular weight excluding hydrogens is 146 g/mol. The highest BCUT2D eigenvalue weighted by Gasteiger charge is 2.27. The summed E-state index contributed by atoms with van der Waals surface area (Å²) >= 11 is 0. The van der Waals surface area contributed by atoms with E-state index in [9.17, 15) is 0 Å². The fraction of sp³-hybridized carbons (Fsp3) is 0.909. The zero-order chi connectivity index (χ0) is 9.61. The molecule has 0 rings (SSSR count). The minimum atomic E-state index is -0.133. The second-order valence-electron chi connectivity index (χ2n) is 4.11. The fourth-order valence-electron chi connectivity index (χ4n) is 1.65. The van der Waals surface area contributed by atoms with Crippen LogP contribution in [0.3, 0.4) is 0 Å². The van der Waals surface area contributed by atoms with Gasteiger partial charge in [0.25, 0.3) is 0 Å². The van der Waals surface area contributed by atoms with E-state index in [4.69, 9.17) is 5.26 Å². The van der Waals surface area contributed by atoms with Crippen LogP contribution in [0.2, 0.25) is 0 Å². The van der Waals surface area contributed by atoms with E-state index in [0.717, 1.165) is 0 Å². The predicted octanol–water partition coefficient (Wildman–Crippen LogP) is 3.75. The third kappa shape index (κ3) is 3.26. The van der Waals surface area contributed by atoms with Gasteiger partial charge in [-0.15, -0.1) is 0 Å². The van der Waals surface area contributed by atoms with Crippen LogP contribution in [-0.2, 0) is 0 Å². The Hall–Kier alpha value is -0.510. The van der Waals surface area contributed by atoms with Gasteiger partial charge in [0, 0.05) is 0 Å². The molecular formula is C11H21N. The Kier molecular flexibility index (Phi) is 4.97. The van der Waals surface area contributed by atoms with Crippen LogP contribution in [0.1, 0.15) is 53.4 Å². The second-order valence-corrected chi connectivity index (χ2v) is 4.11. The van der Waals surface area contributed by atoms with E-state index in [0.29, 0.717) is 5.92 Å². The largest absolute Gasteiger partial charge is 0.198 e. The molecule has 70 valence electrons. The topological polar surface area (TPSA) is 23.8 Å². The maximum Gasteiger partial charge on any atom is 0.0686 e. The van der Waals surface area contributed by atoms with E-state index in [1.165, 1.54) is 25.7 Å². The molecule has 0 spiro atoms. The first kappa shape index (κ1) is 11.5. The standard InChI is InChI=1S/C11H21N/c1-5-7-10(8-6-2)11(3,4)9-12/h10H,5-8H2,1-4H3. The molecule has 0 aromatic carbocycles. The van der Waals surface area contributed by atoms with E-state index >= 15 is 0 Å². The highest BCUT2D eigenvalue weighted by Crippen LogP contribution is 2.33. The molecule has 1 heteroatoms. The van der Waals surface area contributed by atoms with Crippen molar-refractivity contribution in [3.63, 3.8) is 0 Å². The van der Waals surface area contributed by atoms with E-state index in [2.05, 4.69) is 33.8 Å². The Morgan fingerprint density at radius 1 is 1.17 bits per heavy atom. The van der Waals surface area contributed by atoms with Crippen molar-refractivity contribution in [2.24, 2.45) is 11.3 Å². The summed E-state index contributed by atoms with van der Waals surface area (Å²) in [5, 5.41) is 8.97. The van der Waals surface area contributed by atoms with Crippen LogP contribution in [-0.4, -0.2) is 0 Å². The summed E-state index contributed by atoms with van der Waals surface area (Å²) in [6, 6.07) is 2.41. The first-order valence-corrected chi connectivity index (χ1v) is 4.99. The van der Waals surface area contributed by atoms with Crippen LogP contribution < -0.4 is 0 Å². The molecule has 0 saturated carbocycles. The molecule has 0 atom stereocenters. The third-order valence-corrected chi connectivity index (χ3v) is 2.58. The van der Waals surface area contributed by atoms with E-state index in [-0.39, 0.29) is 5.41 Å². The van der Waals surface area contributed by atoms with Crippen LogP contribution >= 0.6 is 0 Å². The van der Waals surface area contributed by atoms with Gasteiger partial charge < -0.3 is 0 Å². The fourth-order valence-corrected chi connectivity index (χ4v) is 1.65. The van der Waals surface area contributed by atoms with E-state index in [1.807, 2.05) is 0 Å². The van der Waals surface area contributed by atoms with Gasteiger partial charge in [-0.3, -0.25) is 0 Å². The monoisotopic (exact) mass is 167 g/mol.